The molecule has 0 saturated carbocycles. The molecule has 1 amide bonds. The van der Waals surface area contributed by atoms with E-state index >= 15 is 0 Å². The van der Waals surface area contributed by atoms with E-state index in [9.17, 15) is 4.79 Å². The van der Waals surface area contributed by atoms with Crippen LogP contribution in [0.1, 0.15) is 60.3 Å². The van der Waals surface area contributed by atoms with Gasteiger partial charge in [-0.3, -0.25) is 4.79 Å². The van der Waals surface area contributed by atoms with Crippen molar-refractivity contribution in [1.82, 2.24) is 9.88 Å². The number of nitrogens with zero attached hydrogens (tertiary/aromatic N) is 2. The quantitative estimate of drug-likeness (QED) is 0.458. The van der Waals surface area contributed by atoms with Crippen LogP contribution in [0.2, 0.25) is 0 Å². The number of hydrogen-bond acceptors (Lipinski definition) is 4. The van der Waals surface area contributed by atoms with Gasteiger partial charge in [0.2, 0.25) is 0 Å². The molecule has 0 radical (unpaired) electrons. The molecule has 152 valence electrons. The number of rotatable bonds is 7. The highest BCUT2D eigenvalue weighted by molar-refractivity contribution is 7.18. The lowest BCUT2D eigenvalue weighted by Crippen LogP contribution is -2.37. The Morgan fingerprint density at radius 1 is 1.10 bits per heavy atom. The van der Waals surface area contributed by atoms with Crippen LogP contribution in [0.25, 0.3) is 10.2 Å². The lowest BCUT2D eigenvalue weighted by Gasteiger charge is -2.31. The highest BCUT2D eigenvalue weighted by Gasteiger charge is 2.26. The van der Waals surface area contributed by atoms with E-state index in [-0.39, 0.29) is 5.91 Å². The fourth-order valence-corrected chi connectivity index (χ4v) is 4.95. The number of para-hydroxylation sites is 1. The van der Waals surface area contributed by atoms with E-state index in [0.717, 1.165) is 55.8 Å². The van der Waals surface area contributed by atoms with Crippen molar-refractivity contribution in [2.24, 2.45) is 0 Å². The van der Waals surface area contributed by atoms with Crippen LogP contribution in [0, 0.1) is 0 Å². The number of benzene rings is 2. The summed E-state index contributed by atoms with van der Waals surface area (Å²) in [6.45, 7) is 4.49. The molecular weight excluding hydrogens is 380 g/mol. The molecule has 5 heteroatoms. The standard InChI is InChI=1S/C24H28N2O2S/c1-2-3-6-17-28-20-11-9-19(10-12-20)24(27)26-15-13-18(14-16-26)23-25-21-7-4-5-8-22(21)29-23/h4-5,7-12,18H,2-3,6,13-17H2,1H3. The first-order valence-corrected chi connectivity index (χ1v) is 11.4. The van der Waals surface area contributed by atoms with Gasteiger partial charge in [0.1, 0.15) is 5.75 Å². The number of thiazole rings is 1. The van der Waals surface area contributed by atoms with Crippen molar-refractivity contribution in [3.63, 3.8) is 0 Å². The van der Waals surface area contributed by atoms with Gasteiger partial charge in [-0.15, -0.1) is 11.3 Å². The lowest BCUT2D eigenvalue weighted by atomic mass is 9.97. The van der Waals surface area contributed by atoms with Gasteiger partial charge in [-0.2, -0.15) is 0 Å². The Morgan fingerprint density at radius 3 is 2.59 bits per heavy atom. The zero-order valence-electron chi connectivity index (χ0n) is 17.0. The maximum atomic E-state index is 12.9. The number of likely N-dealkylation sites (tertiary alicyclic amines) is 1. The average Bonchev–Trinajstić information content (AvgIpc) is 3.21. The number of ether oxygens (including phenoxy) is 1. The van der Waals surface area contributed by atoms with E-state index in [1.54, 1.807) is 11.3 Å². The van der Waals surface area contributed by atoms with Gasteiger partial charge in [0.05, 0.1) is 21.8 Å². The van der Waals surface area contributed by atoms with Gasteiger partial charge in [0.25, 0.3) is 5.91 Å². The van der Waals surface area contributed by atoms with Crippen molar-refractivity contribution >= 4 is 27.5 Å². The molecule has 2 heterocycles. The summed E-state index contributed by atoms with van der Waals surface area (Å²) in [5.74, 6) is 1.41. The summed E-state index contributed by atoms with van der Waals surface area (Å²) in [7, 11) is 0. The van der Waals surface area contributed by atoms with Gasteiger partial charge in [-0.25, -0.2) is 4.98 Å². The van der Waals surface area contributed by atoms with Crippen molar-refractivity contribution in [2.75, 3.05) is 19.7 Å². The zero-order valence-corrected chi connectivity index (χ0v) is 17.8. The first kappa shape index (κ1) is 19.9. The number of carbonyl (C=O) groups excluding carboxylic acids is 1. The molecule has 1 aromatic heterocycles. The predicted octanol–water partition coefficient (Wildman–Crippen LogP) is 5.89. The molecular formula is C24H28N2O2S. The van der Waals surface area contributed by atoms with Crippen molar-refractivity contribution in [1.29, 1.82) is 0 Å². The van der Waals surface area contributed by atoms with E-state index in [0.29, 0.717) is 5.92 Å². The van der Waals surface area contributed by atoms with Crippen LogP contribution in [0.4, 0.5) is 0 Å². The van der Waals surface area contributed by atoms with Crippen LogP contribution < -0.4 is 4.74 Å². The van der Waals surface area contributed by atoms with E-state index in [2.05, 4.69) is 25.1 Å². The second-order valence-electron chi connectivity index (χ2n) is 7.67. The fraction of sp³-hybridized carbons (Fsp3) is 0.417. The molecule has 0 spiro atoms. The summed E-state index contributed by atoms with van der Waals surface area (Å²) >= 11 is 1.79. The summed E-state index contributed by atoms with van der Waals surface area (Å²) < 4.78 is 6.99. The highest BCUT2D eigenvalue weighted by Crippen LogP contribution is 2.34. The monoisotopic (exact) mass is 408 g/mol. The summed E-state index contributed by atoms with van der Waals surface area (Å²) in [6, 6.07) is 15.9. The molecule has 0 atom stereocenters. The highest BCUT2D eigenvalue weighted by atomic mass is 32.1. The summed E-state index contributed by atoms with van der Waals surface area (Å²) in [5.41, 5.74) is 1.83. The van der Waals surface area contributed by atoms with E-state index in [1.165, 1.54) is 22.5 Å². The molecule has 3 aromatic rings. The lowest BCUT2D eigenvalue weighted by molar-refractivity contribution is 0.0713. The number of carbonyl (C=O) groups is 1. The number of hydrogen-bond donors (Lipinski definition) is 0. The zero-order chi connectivity index (χ0) is 20.1. The minimum absolute atomic E-state index is 0.116. The first-order valence-electron chi connectivity index (χ1n) is 10.6. The van der Waals surface area contributed by atoms with Crippen molar-refractivity contribution in [3.05, 3.63) is 59.1 Å². The minimum atomic E-state index is 0.116. The Morgan fingerprint density at radius 2 is 1.86 bits per heavy atom. The van der Waals surface area contributed by atoms with Crippen LogP contribution in [0.15, 0.2) is 48.5 Å². The van der Waals surface area contributed by atoms with Crippen molar-refractivity contribution < 1.29 is 9.53 Å². The molecule has 29 heavy (non-hydrogen) atoms. The van der Waals surface area contributed by atoms with Crippen LogP contribution in [0.3, 0.4) is 0 Å². The largest absolute Gasteiger partial charge is 0.494 e. The number of fused-ring (bicyclic) bond motifs is 1. The summed E-state index contributed by atoms with van der Waals surface area (Å²) in [6.07, 6.45) is 5.39. The van der Waals surface area contributed by atoms with Gasteiger partial charge >= 0.3 is 0 Å². The molecule has 0 aliphatic carbocycles. The maximum absolute atomic E-state index is 12.9. The van der Waals surface area contributed by atoms with Gasteiger partial charge in [0.15, 0.2) is 0 Å². The van der Waals surface area contributed by atoms with Crippen LogP contribution in [0.5, 0.6) is 5.75 Å². The Balaban J connectivity index is 1.31. The number of aromatic nitrogens is 1. The fourth-order valence-electron chi connectivity index (χ4n) is 3.81. The second kappa shape index (κ2) is 9.40. The van der Waals surface area contributed by atoms with Crippen LogP contribution in [-0.4, -0.2) is 35.5 Å². The van der Waals surface area contributed by atoms with Crippen molar-refractivity contribution in [3.8, 4) is 5.75 Å². The number of unbranched alkanes of at least 4 members (excludes halogenated alkanes) is 2. The van der Waals surface area contributed by atoms with Crippen LogP contribution in [-0.2, 0) is 0 Å². The van der Waals surface area contributed by atoms with Gasteiger partial charge in [0, 0.05) is 24.6 Å². The molecule has 4 rings (SSSR count). The molecule has 1 aliphatic heterocycles. The minimum Gasteiger partial charge on any atom is -0.494 e. The third-order valence-electron chi connectivity index (χ3n) is 5.56. The van der Waals surface area contributed by atoms with Gasteiger partial charge in [-0.1, -0.05) is 31.9 Å². The van der Waals surface area contributed by atoms with Crippen molar-refractivity contribution in [2.45, 2.75) is 44.9 Å². The smallest absolute Gasteiger partial charge is 0.253 e. The van der Waals surface area contributed by atoms with E-state index in [4.69, 9.17) is 9.72 Å². The topological polar surface area (TPSA) is 42.4 Å². The number of amides is 1. The third kappa shape index (κ3) is 4.78. The number of piperidine rings is 1. The summed E-state index contributed by atoms with van der Waals surface area (Å²) in [5, 5.41) is 1.21. The molecule has 0 bridgehead atoms. The first-order chi connectivity index (χ1) is 14.2. The van der Waals surface area contributed by atoms with Gasteiger partial charge in [-0.05, 0) is 55.7 Å². The molecule has 1 saturated heterocycles. The molecule has 1 aliphatic rings. The average molecular weight is 409 g/mol. The second-order valence-corrected chi connectivity index (χ2v) is 8.73. The predicted molar refractivity (Wildman–Crippen MR) is 119 cm³/mol. The third-order valence-corrected chi connectivity index (χ3v) is 6.76. The molecule has 0 N–H and O–H groups in total. The Hall–Kier alpha value is -2.40. The molecule has 1 fully saturated rings. The molecule has 4 nitrogen and oxygen atoms in total. The normalized spacial score (nSPS) is 15.0. The summed E-state index contributed by atoms with van der Waals surface area (Å²) in [4.78, 5) is 19.7. The SMILES string of the molecule is CCCCCOc1ccc(C(=O)N2CCC(c3nc4ccccc4s3)CC2)cc1. The maximum Gasteiger partial charge on any atom is 0.253 e. The Labute approximate surface area is 176 Å². The van der Waals surface area contributed by atoms with Gasteiger partial charge < -0.3 is 9.64 Å². The Bertz CT molecular complexity index is 910. The van der Waals surface area contributed by atoms with Crippen LogP contribution >= 0.6 is 11.3 Å². The van der Waals surface area contributed by atoms with E-state index < -0.39 is 0 Å². The Kier molecular flexibility index (Phi) is 6.45. The van der Waals surface area contributed by atoms with E-state index in [1.807, 2.05) is 35.2 Å². The molecule has 0 unspecified atom stereocenters. The molecule has 2 aromatic carbocycles.